The van der Waals surface area contributed by atoms with Gasteiger partial charge in [-0.2, -0.15) is 0 Å². The number of nitrogen functional groups attached to an aromatic ring is 1. The van der Waals surface area contributed by atoms with Gasteiger partial charge in [-0.3, -0.25) is 19.2 Å². The molecule has 0 saturated carbocycles. The smallest absolute Gasteiger partial charge is 0.243 e. The van der Waals surface area contributed by atoms with Gasteiger partial charge in [0.15, 0.2) is 5.78 Å². The average Bonchev–Trinajstić information content (AvgIpc) is 3.74. The van der Waals surface area contributed by atoms with Crippen molar-refractivity contribution in [2.24, 2.45) is 17.0 Å². The van der Waals surface area contributed by atoms with Crippen molar-refractivity contribution in [3.63, 3.8) is 0 Å². The second kappa shape index (κ2) is 16.1. The van der Waals surface area contributed by atoms with E-state index in [1.165, 1.54) is 0 Å². The molecular formula is C33H45N7O5. The maximum atomic E-state index is 13.7. The Morgan fingerprint density at radius 3 is 1.80 bits per heavy atom. The third-order valence-electron chi connectivity index (χ3n) is 7.60. The number of nitrogens with zero attached hydrogens (tertiary/aromatic N) is 3. The molecule has 0 aliphatic carbocycles. The van der Waals surface area contributed by atoms with E-state index in [1.54, 1.807) is 31.2 Å². The number of ether oxygens (including phenoxy) is 1. The second-order valence-electron chi connectivity index (χ2n) is 12.7. The van der Waals surface area contributed by atoms with Crippen LogP contribution in [0.25, 0.3) is 10.4 Å². The zero-order valence-electron chi connectivity index (χ0n) is 26.7. The zero-order valence-corrected chi connectivity index (χ0v) is 26.7. The molecule has 1 heterocycles. The summed E-state index contributed by atoms with van der Waals surface area (Å²) >= 11 is 0. The van der Waals surface area contributed by atoms with E-state index in [1.807, 2.05) is 58.0 Å². The number of carbonyl (C=O) groups excluding carboxylic acids is 4. The Balaban J connectivity index is 1.78. The SMILES string of the molecule is CC(C)C[C@H](NC(=O)C(Cc1ccccc1)N=[N+]=[N-])C(=O)N[C@@H](CC(C)C)C(=O)N[C@@H](Cc1ccc(N)cc1)C(=O)[C@@]1(C)CO1. The molecule has 12 heteroatoms. The van der Waals surface area contributed by atoms with Crippen molar-refractivity contribution in [3.05, 3.63) is 76.2 Å². The molecule has 3 amide bonds. The topological polar surface area (TPSA) is 192 Å². The van der Waals surface area contributed by atoms with Crippen molar-refractivity contribution in [1.29, 1.82) is 0 Å². The molecular weight excluding hydrogens is 574 g/mol. The Bertz CT molecular complexity index is 1370. The van der Waals surface area contributed by atoms with Gasteiger partial charge in [0.05, 0.1) is 12.6 Å². The minimum atomic E-state index is -1.07. The van der Waals surface area contributed by atoms with Crippen LogP contribution >= 0.6 is 0 Å². The highest BCUT2D eigenvalue weighted by molar-refractivity contribution is 5.98. The first kappa shape index (κ1) is 35.1. The molecule has 1 unspecified atom stereocenters. The molecule has 2 aromatic carbocycles. The minimum absolute atomic E-state index is 0.0201. The summed E-state index contributed by atoms with van der Waals surface area (Å²) in [6.45, 7) is 9.62. The molecule has 3 rings (SSSR count). The summed E-state index contributed by atoms with van der Waals surface area (Å²) in [6.07, 6.45) is 0.971. The van der Waals surface area contributed by atoms with Crippen LogP contribution in [0.5, 0.6) is 0 Å². The maximum Gasteiger partial charge on any atom is 0.243 e. The Morgan fingerprint density at radius 2 is 1.31 bits per heavy atom. The summed E-state index contributed by atoms with van der Waals surface area (Å²) in [6, 6.07) is 12.2. The average molecular weight is 620 g/mol. The number of azide groups is 1. The number of benzene rings is 2. The molecule has 242 valence electrons. The van der Waals surface area contributed by atoms with E-state index >= 15 is 0 Å². The fourth-order valence-electron chi connectivity index (χ4n) is 5.02. The molecule has 1 aliphatic heterocycles. The van der Waals surface area contributed by atoms with Crippen molar-refractivity contribution in [1.82, 2.24) is 16.0 Å². The zero-order chi connectivity index (χ0) is 33.1. The monoisotopic (exact) mass is 619 g/mol. The second-order valence-corrected chi connectivity index (χ2v) is 12.7. The fraction of sp³-hybridized carbons (Fsp3) is 0.515. The summed E-state index contributed by atoms with van der Waals surface area (Å²) in [5.41, 5.74) is 16.1. The number of epoxide rings is 1. The molecule has 45 heavy (non-hydrogen) atoms. The summed E-state index contributed by atoms with van der Waals surface area (Å²) in [5.74, 6) is -1.86. The van der Waals surface area contributed by atoms with Gasteiger partial charge in [0.1, 0.15) is 23.7 Å². The predicted molar refractivity (Wildman–Crippen MR) is 172 cm³/mol. The number of ketones is 1. The minimum Gasteiger partial charge on any atom is -0.399 e. The Labute approximate surface area is 264 Å². The number of nitrogens with two attached hydrogens (primary N) is 1. The molecule has 1 fully saturated rings. The lowest BCUT2D eigenvalue weighted by Crippen LogP contribution is -2.58. The lowest BCUT2D eigenvalue weighted by atomic mass is 9.94. The van der Waals surface area contributed by atoms with E-state index in [4.69, 9.17) is 16.0 Å². The Morgan fingerprint density at radius 1 is 0.822 bits per heavy atom. The number of hydrogen-bond donors (Lipinski definition) is 4. The first-order valence-corrected chi connectivity index (χ1v) is 15.3. The Hall–Kier alpha value is -4.41. The summed E-state index contributed by atoms with van der Waals surface area (Å²) in [4.78, 5) is 56.8. The molecule has 5 N–H and O–H groups in total. The van der Waals surface area contributed by atoms with Gasteiger partial charge in [0.2, 0.25) is 17.7 Å². The molecule has 12 nitrogen and oxygen atoms in total. The fourth-order valence-corrected chi connectivity index (χ4v) is 5.02. The first-order chi connectivity index (χ1) is 21.3. The van der Waals surface area contributed by atoms with Gasteiger partial charge in [0.25, 0.3) is 0 Å². The molecule has 1 aliphatic rings. The Kier molecular flexibility index (Phi) is 12.5. The molecule has 2 aromatic rings. The summed E-state index contributed by atoms with van der Waals surface area (Å²) < 4.78 is 5.39. The highest BCUT2D eigenvalue weighted by Gasteiger charge is 2.50. The van der Waals surface area contributed by atoms with Crippen LogP contribution in [0.4, 0.5) is 5.69 Å². The van der Waals surface area contributed by atoms with Crippen LogP contribution in [0.2, 0.25) is 0 Å². The van der Waals surface area contributed by atoms with Gasteiger partial charge < -0.3 is 26.4 Å². The van der Waals surface area contributed by atoms with Gasteiger partial charge >= 0.3 is 0 Å². The van der Waals surface area contributed by atoms with E-state index in [0.29, 0.717) is 12.1 Å². The van der Waals surface area contributed by atoms with Gasteiger partial charge in [-0.25, -0.2) is 0 Å². The molecule has 0 aromatic heterocycles. The third kappa shape index (κ3) is 10.9. The number of anilines is 1. The molecule has 0 radical (unpaired) electrons. The van der Waals surface area contributed by atoms with Gasteiger partial charge in [-0.1, -0.05) is 75.3 Å². The highest BCUT2D eigenvalue weighted by Crippen LogP contribution is 2.29. The maximum absolute atomic E-state index is 13.7. The van der Waals surface area contributed by atoms with E-state index in [0.717, 1.165) is 11.1 Å². The number of Topliss-reactive ketones (excluding diaryl/α,β-unsaturated/α-hetero) is 1. The highest BCUT2D eigenvalue weighted by atomic mass is 16.6. The summed E-state index contributed by atoms with van der Waals surface area (Å²) in [7, 11) is 0. The summed E-state index contributed by atoms with van der Waals surface area (Å²) in [5, 5.41) is 12.1. The third-order valence-corrected chi connectivity index (χ3v) is 7.60. The van der Waals surface area contributed by atoms with Crippen LogP contribution in [-0.4, -0.2) is 59.9 Å². The lowest BCUT2D eigenvalue weighted by molar-refractivity contribution is -0.134. The van der Waals surface area contributed by atoms with E-state index in [9.17, 15) is 19.2 Å². The van der Waals surface area contributed by atoms with Gasteiger partial charge in [-0.15, -0.1) is 0 Å². The number of carbonyl (C=O) groups is 4. The molecule has 5 atom stereocenters. The lowest BCUT2D eigenvalue weighted by Gasteiger charge is -2.27. The molecule has 1 saturated heterocycles. The largest absolute Gasteiger partial charge is 0.399 e. The van der Waals surface area contributed by atoms with Crippen molar-refractivity contribution >= 4 is 29.2 Å². The number of amides is 3. The van der Waals surface area contributed by atoms with Crippen molar-refractivity contribution in [2.75, 3.05) is 12.3 Å². The van der Waals surface area contributed by atoms with Crippen LogP contribution in [-0.2, 0) is 36.8 Å². The number of hydrogen-bond acceptors (Lipinski definition) is 7. The van der Waals surface area contributed by atoms with Gasteiger partial charge in [-0.05, 0) is 73.2 Å². The van der Waals surface area contributed by atoms with Crippen LogP contribution in [0.15, 0.2) is 59.7 Å². The number of nitrogens with one attached hydrogen (secondary N) is 3. The van der Waals surface area contributed by atoms with Crippen LogP contribution in [0.1, 0.15) is 58.6 Å². The van der Waals surface area contributed by atoms with Crippen LogP contribution in [0.3, 0.4) is 0 Å². The van der Waals surface area contributed by atoms with E-state index in [-0.39, 0.29) is 43.5 Å². The normalized spacial score (nSPS) is 18.2. The standard InChI is InChI=1S/C33H45N7O5/c1-20(2)15-26(30(42)36-25(29(41)33(5)19-45-33)17-23-11-13-24(34)14-12-23)37-31(43)27(16-21(3)4)38-32(44)28(39-40-35)18-22-9-7-6-8-10-22/h6-14,20-21,25-28H,15-19,34H2,1-5H3,(H,36,42)(H,37,43)(H,38,44)/t25-,26-,27-,28?,33+/m0/s1. The van der Waals surface area contributed by atoms with Crippen LogP contribution in [0, 0.1) is 11.8 Å². The number of rotatable bonds is 17. The predicted octanol–water partition coefficient (Wildman–Crippen LogP) is 3.64. The quantitative estimate of drug-likeness (QED) is 0.0687. The van der Waals surface area contributed by atoms with E-state index in [2.05, 4.69) is 26.0 Å². The van der Waals surface area contributed by atoms with Crippen LogP contribution < -0.4 is 21.7 Å². The van der Waals surface area contributed by atoms with Crippen molar-refractivity contribution in [2.45, 2.75) is 90.1 Å². The molecule has 0 spiro atoms. The van der Waals surface area contributed by atoms with Crippen molar-refractivity contribution in [3.8, 4) is 0 Å². The van der Waals surface area contributed by atoms with Gasteiger partial charge in [0, 0.05) is 10.6 Å². The molecule has 0 bridgehead atoms. The van der Waals surface area contributed by atoms with E-state index < -0.39 is 47.5 Å². The first-order valence-electron chi connectivity index (χ1n) is 15.3. The van der Waals surface area contributed by atoms with Crippen molar-refractivity contribution < 1.29 is 23.9 Å².